The van der Waals surface area contributed by atoms with E-state index in [1.54, 1.807) is 41.2 Å². The first kappa shape index (κ1) is 14.9. The lowest BCUT2D eigenvalue weighted by molar-refractivity contribution is 0.102. The highest BCUT2D eigenvalue weighted by molar-refractivity contribution is 6.12. The number of carbonyl (C=O) groups excluding carboxylic acids is 1. The minimum Gasteiger partial charge on any atom is -0.305 e. The lowest BCUT2D eigenvalue weighted by atomic mass is 10.1. The molecule has 1 saturated carbocycles. The molecule has 5 rings (SSSR count). The summed E-state index contributed by atoms with van der Waals surface area (Å²) < 4.78 is 15.5. The Bertz CT molecular complexity index is 1130. The molecule has 0 saturated heterocycles. The zero-order valence-electron chi connectivity index (χ0n) is 13.7. The number of pyridine rings is 1. The quantitative estimate of drug-likeness (QED) is 0.615. The SMILES string of the molecule is O=C(Nc1cn2cccnc2n1)c1cc(C2CC2)nc2ccc(F)cc12. The molecule has 0 aliphatic heterocycles. The number of amides is 1. The Morgan fingerprint density at radius 3 is 2.92 bits per heavy atom. The van der Waals surface area contributed by atoms with Crippen molar-refractivity contribution < 1.29 is 9.18 Å². The Hall–Kier alpha value is -3.35. The molecule has 26 heavy (non-hydrogen) atoms. The smallest absolute Gasteiger partial charge is 0.257 e. The molecular formula is C19H14FN5O. The zero-order chi connectivity index (χ0) is 17.7. The lowest BCUT2D eigenvalue weighted by Gasteiger charge is -2.09. The molecule has 1 fully saturated rings. The van der Waals surface area contributed by atoms with Crippen LogP contribution in [0.15, 0.2) is 48.9 Å². The van der Waals surface area contributed by atoms with Gasteiger partial charge < -0.3 is 5.32 Å². The maximum absolute atomic E-state index is 13.7. The van der Waals surface area contributed by atoms with Gasteiger partial charge in [0.05, 0.1) is 17.3 Å². The van der Waals surface area contributed by atoms with Crippen LogP contribution in [0.2, 0.25) is 0 Å². The second-order valence-electron chi connectivity index (χ2n) is 6.44. The summed E-state index contributed by atoms with van der Waals surface area (Å²) in [5.41, 5.74) is 1.91. The molecule has 1 N–H and O–H groups in total. The highest BCUT2D eigenvalue weighted by Crippen LogP contribution is 2.40. The first-order valence-corrected chi connectivity index (χ1v) is 8.39. The first-order chi connectivity index (χ1) is 12.7. The fraction of sp³-hybridized carbons (Fsp3) is 0.158. The molecule has 1 aromatic carbocycles. The number of imidazole rings is 1. The second-order valence-corrected chi connectivity index (χ2v) is 6.44. The van der Waals surface area contributed by atoms with E-state index in [-0.39, 0.29) is 5.91 Å². The summed E-state index contributed by atoms with van der Waals surface area (Å²) in [5, 5.41) is 3.28. The van der Waals surface area contributed by atoms with Gasteiger partial charge in [-0.2, -0.15) is 4.98 Å². The van der Waals surface area contributed by atoms with Crippen LogP contribution in [0.1, 0.15) is 34.8 Å². The molecule has 1 aliphatic carbocycles. The fourth-order valence-electron chi connectivity index (χ4n) is 3.07. The van der Waals surface area contributed by atoms with E-state index in [1.807, 2.05) is 0 Å². The molecule has 0 atom stereocenters. The number of benzene rings is 1. The summed E-state index contributed by atoms with van der Waals surface area (Å²) in [6, 6.07) is 7.87. The van der Waals surface area contributed by atoms with E-state index in [9.17, 15) is 9.18 Å². The molecule has 1 amide bonds. The zero-order valence-corrected chi connectivity index (χ0v) is 13.7. The number of aromatic nitrogens is 4. The predicted octanol–water partition coefficient (Wildman–Crippen LogP) is 3.55. The van der Waals surface area contributed by atoms with Gasteiger partial charge >= 0.3 is 0 Å². The van der Waals surface area contributed by atoms with Crippen LogP contribution < -0.4 is 5.32 Å². The number of nitrogens with one attached hydrogen (secondary N) is 1. The Kier molecular flexibility index (Phi) is 3.21. The van der Waals surface area contributed by atoms with Crippen molar-refractivity contribution in [1.82, 2.24) is 19.4 Å². The summed E-state index contributed by atoms with van der Waals surface area (Å²) in [6.45, 7) is 0. The van der Waals surface area contributed by atoms with Crippen LogP contribution >= 0.6 is 0 Å². The Labute approximate surface area is 147 Å². The Balaban J connectivity index is 1.57. The maximum Gasteiger partial charge on any atom is 0.257 e. The van der Waals surface area contributed by atoms with Gasteiger partial charge in [0.1, 0.15) is 5.82 Å². The van der Waals surface area contributed by atoms with E-state index in [0.29, 0.717) is 34.0 Å². The molecule has 128 valence electrons. The summed E-state index contributed by atoms with van der Waals surface area (Å²) in [4.78, 5) is 25.9. The third-order valence-electron chi connectivity index (χ3n) is 4.51. The van der Waals surface area contributed by atoms with Crippen LogP contribution in [-0.2, 0) is 0 Å². The van der Waals surface area contributed by atoms with Gasteiger partial charge in [0, 0.05) is 29.4 Å². The summed E-state index contributed by atoms with van der Waals surface area (Å²) >= 11 is 0. The molecule has 0 radical (unpaired) electrons. The van der Waals surface area contributed by atoms with E-state index in [1.165, 1.54) is 12.1 Å². The molecule has 1 aliphatic rings. The maximum atomic E-state index is 13.7. The number of hydrogen-bond donors (Lipinski definition) is 1. The number of nitrogens with zero attached hydrogens (tertiary/aromatic N) is 4. The summed E-state index contributed by atoms with van der Waals surface area (Å²) in [5.74, 6) is 0.531. The van der Waals surface area contributed by atoms with Crippen LogP contribution in [0.3, 0.4) is 0 Å². The highest BCUT2D eigenvalue weighted by atomic mass is 19.1. The van der Waals surface area contributed by atoms with E-state index < -0.39 is 5.82 Å². The van der Waals surface area contributed by atoms with Crippen molar-refractivity contribution in [2.45, 2.75) is 18.8 Å². The van der Waals surface area contributed by atoms with Crippen molar-refractivity contribution in [2.75, 3.05) is 5.32 Å². The van der Waals surface area contributed by atoms with Gasteiger partial charge in [-0.25, -0.2) is 9.37 Å². The molecule has 0 spiro atoms. The standard InChI is InChI=1S/C19H14FN5O/c20-12-4-5-15-13(8-12)14(9-16(22-15)11-2-3-11)18(26)23-17-10-25-7-1-6-21-19(25)24-17/h1,4-11H,2-3H2,(H,23,26). The van der Waals surface area contributed by atoms with Crippen LogP contribution in [0.4, 0.5) is 10.2 Å². The number of hydrogen-bond acceptors (Lipinski definition) is 4. The van der Waals surface area contributed by atoms with Gasteiger partial charge in [0.15, 0.2) is 5.82 Å². The minimum absolute atomic E-state index is 0.340. The summed E-state index contributed by atoms with van der Waals surface area (Å²) in [7, 11) is 0. The van der Waals surface area contributed by atoms with Gasteiger partial charge in [0.2, 0.25) is 5.78 Å². The van der Waals surface area contributed by atoms with E-state index >= 15 is 0 Å². The number of carbonyl (C=O) groups is 1. The number of halogens is 1. The van der Waals surface area contributed by atoms with E-state index in [2.05, 4.69) is 20.3 Å². The van der Waals surface area contributed by atoms with E-state index in [0.717, 1.165) is 18.5 Å². The van der Waals surface area contributed by atoms with Crippen molar-refractivity contribution in [2.24, 2.45) is 0 Å². The fourth-order valence-corrected chi connectivity index (χ4v) is 3.07. The largest absolute Gasteiger partial charge is 0.305 e. The molecule has 4 aromatic rings. The third kappa shape index (κ3) is 2.57. The molecule has 3 aromatic heterocycles. The van der Waals surface area contributed by atoms with Crippen LogP contribution in [-0.4, -0.2) is 25.3 Å². The monoisotopic (exact) mass is 347 g/mol. The van der Waals surface area contributed by atoms with Crippen molar-refractivity contribution in [3.05, 3.63) is 66.0 Å². The third-order valence-corrected chi connectivity index (χ3v) is 4.51. The van der Waals surface area contributed by atoms with Crippen LogP contribution in [0.5, 0.6) is 0 Å². The van der Waals surface area contributed by atoms with Gasteiger partial charge in [-0.15, -0.1) is 0 Å². The topological polar surface area (TPSA) is 72.2 Å². The summed E-state index contributed by atoms with van der Waals surface area (Å²) in [6.07, 6.45) is 7.26. The Morgan fingerprint density at radius 1 is 1.23 bits per heavy atom. The normalized spacial score (nSPS) is 14.0. The second kappa shape index (κ2) is 5.59. The predicted molar refractivity (Wildman–Crippen MR) is 94.6 cm³/mol. The molecular weight excluding hydrogens is 333 g/mol. The molecule has 7 heteroatoms. The van der Waals surface area contributed by atoms with Gasteiger partial charge in [0.25, 0.3) is 5.91 Å². The number of anilines is 1. The molecule has 0 bridgehead atoms. The minimum atomic E-state index is -0.399. The van der Waals surface area contributed by atoms with Crippen molar-refractivity contribution in [3.63, 3.8) is 0 Å². The molecule has 0 unspecified atom stereocenters. The molecule has 3 heterocycles. The van der Waals surface area contributed by atoms with Crippen LogP contribution in [0, 0.1) is 5.82 Å². The van der Waals surface area contributed by atoms with Gasteiger partial charge in [-0.3, -0.25) is 14.2 Å². The van der Waals surface area contributed by atoms with Gasteiger partial charge in [-0.05, 0) is 43.2 Å². The lowest BCUT2D eigenvalue weighted by Crippen LogP contribution is -2.14. The van der Waals surface area contributed by atoms with E-state index in [4.69, 9.17) is 0 Å². The first-order valence-electron chi connectivity index (χ1n) is 8.39. The van der Waals surface area contributed by atoms with Crippen molar-refractivity contribution >= 4 is 28.4 Å². The average molecular weight is 347 g/mol. The van der Waals surface area contributed by atoms with Crippen LogP contribution in [0.25, 0.3) is 16.7 Å². The Morgan fingerprint density at radius 2 is 2.12 bits per heavy atom. The van der Waals surface area contributed by atoms with Crippen molar-refractivity contribution in [1.29, 1.82) is 0 Å². The van der Waals surface area contributed by atoms with Crippen molar-refractivity contribution in [3.8, 4) is 0 Å². The van der Waals surface area contributed by atoms with Gasteiger partial charge in [-0.1, -0.05) is 0 Å². The average Bonchev–Trinajstić information content (AvgIpc) is 3.40. The highest BCUT2D eigenvalue weighted by Gasteiger charge is 2.27. The molecule has 6 nitrogen and oxygen atoms in total. The number of fused-ring (bicyclic) bond motifs is 2. The number of rotatable bonds is 3.